The van der Waals surface area contributed by atoms with Crippen LogP contribution in [0.4, 0.5) is 5.69 Å². The van der Waals surface area contributed by atoms with Gasteiger partial charge in [0.25, 0.3) is 0 Å². The van der Waals surface area contributed by atoms with E-state index >= 15 is 0 Å². The lowest BCUT2D eigenvalue weighted by Crippen LogP contribution is -2.28. The number of nitrogens with one attached hydrogen (secondary N) is 2. The van der Waals surface area contributed by atoms with E-state index in [0.717, 1.165) is 17.7 Å². The number of nitriles is 1. The number of carbonyl (C=O) groups is 2. The summed E-state index contributed by atoms with van der Waals surface area (Å²) in [5.74, 6) is -0.642. The first-order valence-electron chi connectivity index (χ1n) is 7.32. The summed E-state index contributed by atoms with van der Waals surface area (Å²) in [6, 6.07) is 9.29. The molecule has 3 atom stereocenters. The third kappa shape index (κ3) is 2.58. The fourth-order valence-electron chi connectivity index (χ4n) is 2.64. The van der Waals surface area contributed by atoms with E-state index in [4.69, 9.17) is 5.26 Å². The van der Waals surface area contributed by atoms with Gasteiger partial charge in [-0.25, -0.2) is 5.43 Å². The highest BCUT2D eigenvalue weighted by Gasteiger charge is 2.49. The van der Waals surface area contributed by atoms with E-state index in [0.29, 0.717) is 12.1 Å². The molecule has 0 saturated heterocycles. The molecule has 3 rings (SSSR count). The van der Waals surface area contributed by atoms with Crippen LogP contribution in [-0.4, -0.2) is 17.5 Å². The molecule has 2 amide bonds. The van der Waals surface area contributed by atoms with Crippen molar-refractivity contribution < 1.29 is 9.59 Å². The smallest absolute Gasteiger partial charge is 0.243 e. The second kappa shape index (κ2) is 5.60. The van der Waals surface area contributed by atoms with Gasteiger partial charge in [0.15, 0.2) is 0 Å². The zero-order valence-corrected chi connectivity index (χ0v) is 12.2. The standard InChI is InChI=1S/C16H16N4O2/c1-2-9(8-17)15(21)18-11-5-3-10(4-6-11)14-12-7-13(12)16(22)20-19-14/h3-6,9,12-13H,2,7H2,1H3,(H,18,21)(H,20,22). The number of fused-ring (bicyclic) bond motifs is 1. The molecule has 22 heavy (non-hydrogen) atoms. The van der Waals surface area contributed by atoms with Crippen molar-refractivity contribution in [2.75, 3.05) is 5.32 Å². The fraction of sp³-hybridized carbons (Fsp3) is 0.375. The molecule has 1 heterocycles. The summed E-state index contributed by atoms with van der Waals surface area (Å²) in [6.45, 7) is 1.80. The van der Waals surface area contributed by atoms with Crippen LogP contribution in [-0.2, 0) is 9.59 Å². The fourth-order valence-corrected chi connectivity index (χ4v) is 2.64. The van der Waals surface area contributed by atoms with Crippen LogP contribution in [0.15, 0.2) is 29.4 Å². The molecule has 0 bridgehead atoms. The lowest BCUT2D eigenvalue weighted by atomic mass is 10.0. The predicted molar refractivity (Wildman–Crippen MR) is 80.7 cm³/mol. The Morgan fingerprint density at radius 3 is 2.82 bits per heavy atom. The van der Waals surface area contributed by atoms with E-state index in [9.17, 15) is 9.59 Å². The van der Waals surface area contributed by atoms with E-state index in [1.165, 1.54) is 0 Å². The summed E-state index contributed by atoms with van der Waals surface area (Å²) in [5, 5.41) is 15.8. The predicted octanol–water partition coefficient (Wildman–Crippen LogP) is 1.64. The van der Waals surface area contributed by atoms with Crippen LogP contribution >= 0.6 is 0 Å². The first-order chi connectivity index (χ1) is 10.6. The second-order valence-electron chi connectivity index (χ2n) is 5.58. The number of benzene rings is 1. The Hall–Kier alpha value is -2.68. The van der Waals surface area contributed by atoms with Gasteiger partial charge in [0.05, 0.1) is 11.8 Å². The van der Waals surface area contributed by atoms with Crippen LogP contribution < -0.4 is 10.7 Å². The largest absolute Gasteiger partial charge is 0.325 e. The van der Waals surface area contributed by atoms with E-state index in [2.05, 4.69) is 15.8 Å². The average molecular weight is 296 g/mol. The van der Waals surface area contributed by atoms with E-state index in [1.54, 1.807) is 19.1 Å². The molecule has 1 aliphatic heterocycles. The number of anilines is 1. The highest BCUT2D eigenvalue weighted by molar-refractivity contribution is 6.09. The number of amides is 2. The van der Waals surface area contributed by atoms with E-state index in [1.807, 2.05) is 18.2 Å². The topological polar surface area (TPSA) is 94.3 Å². The van der Waals surface area contributed by atoms with E-state index < -0.39 is 5.92 Å². The van der Waals surface area contributed by atoms with Gasteiger partial charge in [-0.15, -0.1) is 0 Å². The number of carbonyl (C=O) groups excluding carboxylic acids is 2. The van der Waals surface area contributed by atoms with Crippen molar-refractivity contribution >= 4 is 23.2 Å². The minimum Gasteiger partial charge on any atom is -0.325 e. The average Bonchev–Trinajstić information content (AvgIpc) is 3.31. The molecule has 0 aromatic heterocycles. The summed E-state index contributed by atoms with van der Waals surface area (Å²) in [4.78, 5) is 23.3. The quantitative estimate of drug-likeness (QED) is 0.884. The third-order valence-corrected chi connectivity index (χ3v) is 4.09. The molecule has 1 aromatic carbocycles. The Morgan fingerprint density at radius 1 is 1.45 bits per heavy atom. The Kier molecular flexibility index (Phi) is 3.63. The van der Waals surface area contributed by atoms with Gasteiger partial charge in [0.1, 0.15) is 5.92 Å². The maximum Gasteiger partial charge on any atom is 0.243 e. The third-order valence-electron chi connectivity index (χ3n) is 4.09. The first-order valence-corrected chi connectivity index (χ1v) is 7.32. The molecule has 1 aromatic rings. The number of hydrogen-bond donors (Lipinski definition) is 2. The van der Waals surface area contributed by atoms with Crippen LogP contribution in [0.3, 0.4) is 0 Å². The molecule has 1 saturated carbocycles. The van der Waals surface area contributed by atoms with Crippen molar-refractivity contribution in [2.24, 2.45) is 22.9 Å². The normalized spacial score (nSPS) is 23.5. The van der Waals surface area contributed by atoms with Gasteiger partial charge < -0.3 is 5.32 Å². The molecule has 1 fully saturated rings. The maximum absolute atomic E-state index is 11.9. The van der Waals surface area contributed by atoms with Crippen LogP contribution in [0.2, 0.25) is 0 Å². The molecule has 2 N–H and O–H groups in total. The number of rotatable bonds is 4. The molecule has 2 aliphatic rings. The molecule has 112 valence electrons. The number of hydrogen-bond acceptors (Lipinski definition) is 4. The van der Waals surface area contributed by atoms with Gasteiger partial charge in [-0.05, 0) is 30.5 Å². The van der Waals surface area contributed by atoms with Gasteiger partial charge in [0, 0.05) is 17.5 Å². The highest BCUT2D eigenvalue weighted by atomic mass is 16.2. The summed E-state index contributed by atoms with van der Waals surface area (Å²) in [5.41, 5.74) is 5.03. The monoisotopic (exact) mass is 296 g/mol. The number of hydrazone groups is 1. The lowest BCUT2D eigenvalue weighted by molar-refractivity contribution is -0.122. The minimum atomic E-state index is -0.634. The second-order valence-corrected chi connectivity index (χ2v) is 5.58. The van der Waals surface area contributed by atoms with Gasteiger partial charge in [-0.2, -0.15) is 10.4 Å². The molecule has 0 radical (unpaired) electrons. The van der Waals surface area contributed by atoms with Crippen molar-refractivity contribution in [1.29, 1.82) is 5.26 Å². The Labute approximate surface area is 128 Å². The van der Waals surface area contributed by atoms with Crippen molar-refractivity contribution in [1.82, 2.24) is 5.43 Å². The Morgan fingerprint density at radius 2 is 2.18 bits per heavy atom. The minimum absolute atomic E-state index is 0.000237. The Bertz CT molecular complexity index is 687. The van der Waals surface area contributed by atoms with Crippen molar-refractivity contribution in [3.63, 3.8) is 0 Å². The molecular formula is C16H16N4O2. The first kappa shape index (κ1) is 14.3. The number of nitrogens with zero attached hydrogens (tertiary/aromatic N) is 2. The summed E-state index contributed by atoms with van der Waals surface area (Å²) in [6.07, 6.45) is 1.34. The molecule has 3 unspecified atom stereocenters. The van der Waals surface area contributed by atoms with Crippen LogP contribution in [0.1, 0.15) is 25.3 Å². The van der Waals surface area contributed by atoms with Crippen molar-refractivity contribution in [3.8, 4) is 6.07 Å². The molecular weight excluding hydrogens is 280 g/mol. The zero-order chi connectivity index (χ0) is 15.7. The molecule has 0 spiro atoms. The summed E-state index contributed by atoms with van der Waals surface area (Å²) in [7, 11) is 0. The zero-order valence-electron chi connectivity index (χ0n) is 12.2. The van der Waals surface area contributed by atoms with Gasteiger partial charge >= 0.3 is 0 Å². The molecule has 6 nitrogen and oxygen atoms in total. The van der Waals surface area contributed by atoms with Gasteiger partial charge in [0.2, 0.25) is 11.8 Å². The molecule has 6 heteroatoms. The van der Waals surface area contributed by atoms with E-state index in [-0.39, 0.29) is 23.7 Å². The van der Waals surface area contributed by atoms with Crippen molar-refractivity contribution in [2.45, 2.75) is 19.8 Å². The van der Waals surface area contributed by atoms with Crippen molar-refractivity contribution in [3.05, 3.63) is 29.8 Å². The SMILES string of the molecule is CCC(C#N)C(=O)Nc1ccc(C2=NNC(=O)C3CC23)cc1. The highest BCUT2D eigenvalue weighted by Crippen LogP contribution is 2.43. The van der Waals surface area contributed by atoms with Crippen LogP contribution in [0, 0.1) is 29.1 Å². The van der Waals surface area contributed by atoms with Gasteiger partial charge in [-0.1, -0.05) is 19.1 Å². The molecule has 1 aliphatic carbocycles. The lowest BCUT2D eigenvalue weighted by Gasteiger charge is -2.13. The van der Waals surface area contributed by atoms with Gasteiger partial charge in [-0.3, -0.25) is 9.59 Å². The Balaban J connectivity index is 1.70. The van der Waals surface area contributed by atoms with Crippen LogP contribution in [0.5, 0.6) is 0 Å². The summed E-state index contributed by atoms with van der Waals surface area (Å²) < 4.78 is 0. The maximum atomic E-state index is 11.9. The van der Waals surface area contributed by atoms with Crippen LogP contribution in [0.25, 0.3) is 0 Å². The summed E-state index contributed by atoms with van der Waals surface area (Å²) >= 11 is 0.